The highest BCUT2D eigenvalue weighted by Crippen LogP contribution is 2.21. The largest absolute Gasteiger partial charge is 0.347 e. The molecule has 0 saturated heterocycles. The number of hydrogen-bond donors (Lipinski definition) is 1. The zero-order valence-electron chi connectivity index (χ0n) is 14.0. The van der Waals surface area contributed by atoms with E-state index in [0.717, 1.165) is 15.6 Å². The first-order chi connectivity index (χ1) is 11.9. The normalized spacial score (nSPS) is 12.6. The number of sulfonamides is 1. The fraction of sp³-hybridized carbons (Fsp3) is 0.294. The highest BCUT2D eigenvalue weighted by molar-refractivity contribution is 7.89. The molecule has 0 radical (unpaired) electrons. The predicted octanol–water partition coefficient (Wildman–Crippen LogP) is 2.51. The third-order valence-corrected chi connectivity index (χ3v) is 6.49. The van der Waals surface area contributed by atoms with Gasteiger partial charge in [-0.2, -0.15) is 9.57 Å². The molecule has 2 rings (SSSR count). The zero-order chi connectivity index (χ0) is 18.4. The molecule has 25 heavy (non-hydrogen) atoms. The molecule has 1 aromatic heterocycles. The predicted molar refractivity (Wildman–Crippen MR) is 96.5 cm³/mol. The summed E-state index contributed by atoms with van der Waals surface area (Å²) in [5, 5.41) is 13.6. The first-order valence-corrected chi connectivity index (χ1v) is 9.99. The number of rotatable bonds is 7. The quantitative estimate of drug-likeness (QED) is 0.803. The SMILES string of the molecule is CCC(NC(=O)CN(C)S(=O)(=O)c1ccc(C#N)cc1)c1cccs1. The molecule has 0 bridgehead atoms. The standard InChI is InChI=1S/C17H19N3O3S2/c1-3-15(16-5-4-10-24-16)19-17(21)12-20(2)25(22,23)14-8-6-13(11-18)7-9-14/h4-10,15H,3,12H2,1-2H3,(H,19,21). The summed E-state index contributed by atoms with van der Waals surface area (Å²) in [5.41, 5.74) is 0.376. The van der Waals surface area contributed by atoms with Gasteiger partial charge in [0, 0.05) is 11.9 Å². The summed E-state index contributed by atoms with van der Waals surface area (Å²) in [6.07, 6.45) is 0.721. The van der Waals surface area contributed by atoms with Crippen LogP contribution in [0.1, 0.15) is 29.8 Å². The topological polar surface area (TPSA) is 90.3 Å². The molecule has 0 aliphatic heterocycles. The van der Waals surface area contributed by atoms with Crippen molar-refractivity contribution in [1.82, 2.24) is 9.62 Å². The van der Waals surface area contributed by atoms with Gasteiger partial charge >= 0.3 is 0 Å². The van der Waals surface area contributed by atoms with Crippen molar-refractivity contribution in [2.24, 2.45) is 0 Å². The number of amides is 1. The first kappa shape index (κ1) is 19.1. The summed E-state index contributed by atoms with van der Waals surface area (Å²) in [4.78, 5) is 13.3. The van der Waals surface area contributed by atoms with E-state index in [-0.39, 0.29) is 23.4 Å². The molecule has 8 heteroatoms. The van der Waals surface area contributed by atoms with E-state index >= 15 is 0 Å². The second-order valence-electron chi connectivity index (χ2n) is 5.44. The van der Waals surface area contributed by atoms with Gasteiger partial charge in [0.15, 0.2) is 0 Å². The average molecular weight is 377 g/mol. The Morgan fingerprint density at radius 2 is 2.00 bits per heavy atom. The molecule has 0 saturated carbocycles. The number of hydrogen-bond acceptors (Lipinski definition) is 5. The first-order valence-electron chi connectivity index (χ1n) is 7.67. The minimum atomic E-state index is -3.79. The van der Waals surface area contributed by atoms with Crippen molar-refractivity contribution in [2.45, 2.75) is 24.3 Å². The monoisotopic (exact) mass is 377 g/mol. The van der Waals surface area contributed by atoms with Crippen LogP contribution < -0.4 is 5.32 Å². The van der Waals surface area contributed by atoms with Gasteiger partial charge < -0.3 is 5.32 Å². The lowest BCUT2D eigenvalue weighted by molar-refractivity contribution is -0.121. The maximum absolute atomic E-state index is 12.5. The van der Waals surface area contributed by atoms with E-state index in [4.69, 9.17) is 5.26 Å². The third-order valence-electron chi connectivity index (χ3n) is 3.69. The maximum Gasteiger partial charge on any atom is 0.243 e. The van der Waals surface area contributed by atoms with Crippen LogP contribution in [0.25, 0.3) is 0 Å². The number of likely N-dealkylation sites (N-methyl/N-ethyl adjacent to an activating group) is 1. The van der Waals surface area contributed by atoms with Crippen LogP contribution in [0, 0.1) is 11.3 Å². The van der Waals surface area contributed by atoms with Crippen molar-refractivity contribution in [3.8, 4) is 6.07 Å². The molecule has 132 valence electrons. The lowest BCUT2D eigenvalue weighted by atomic mass is 10.2. The summed E-state index contributed by atoms with van der Waals surface area (Å²) in [6, 6.07) is 11.3. The fourth-order valence-electron chi connectivity index (χ4n) is 2.27. The highest BCUT2D eigenvalue weighted by atomic mass is 32.2. The summed E-state index contributed by atoms with van der Waals surface area (Å²) in [6.45, 7) is 1.69. The molecule has 1 atom stereocenters. The average Bonchev–Trinajstić information content (AvgIpc) is 3.14. The molecule has 1 heterocycles. The molecule has 0 aliphatic carbocycles. The molecule has 1 aromatic carbocycles. The molecule has 0 fully saturated rings. The molecule has 2 aromatic rings. The molecular weight excluding hydrogens is 358 g/mol. The molecule has 6 nitrogen and oxygen atoms in total. The summed E-state index contributed by atoms with van der Waals surface area (Å²) >= 11 is 1.55. The molecular formula is C17H19N3O3S2. The van der Waals surface area contributed by atoms with Crippen LogP contribution in [-0.4, -0.2) is 32.2 Å². The molecule has 0 spiro atoms. The Kier molecular flexibility index (Phi) is 6.31. The van der Waals surface area contributed by atoms with Crippen molar-refractivity contribution in [2.75, 3.05) is 13.6 Å². The van der Waals surface area contributed by atoms with E-state index in [2.05, 4.69) is 5.32 Å². The highest BCUT2D eigenvalue weighted by Gasteiger charge is 2.24. The van der Waals surface area contributed by atoms with Crippen LogP contribution in [0.5, 0.6) is 0 Å². The molecule has 1 amide bonds. The van der Waals surface area contributed by atoms with Gasteiger partial charge in [0.2, 0.25) is 15.9 Å². The van der Waals surface area contributed by atoms with Crippen LogP contribution in [-0.2, 0) is 14.8 Å². The lowest BCUT2D eigenvalue weighted by Gasteiger charge is -2.20. The minimum Gasteiger partial charge on any atom is -0.347 e. The van der Waals surface area contributed by atoms with Crippen molar-refractivity contribution in [1.29, 1.82) is 5.26 Å². The smallest absolute Gasteiger partial charge is 0.243 e. The number of nitrogens with one attached hydrogen (secondary N) is 1. The number of carbonyl (C=O) groups is 1. The van der Waals surface area contributed by atoms with Gasteiger partial charge in [0.05, 0.1) is 29.1 Å². The number of nitrogens with zero attached hydrogens (tertiary/aromatic N) is 2. The van der Waals surface area contributed by atoms with Gasteiger partial charge in [0.1, 0.15) is 0 Å². The van der Waals surface area contributed by atoms with Gasteiger partial charge in [-0.1, -0.05) is 13.0 Å². The fourth-order valence-corrected chi connectivity index (χ4v) is 4.26. The summed E-state index contributed by atoms with van der Waals surface area (Å²) in [5.74, 6) is -0.361. The van der Waals surface area contributed by atoms with Crippen LogP contribution in [0.3, 0.4) is 0 Å². The van der Waals surface area contributed by atoms with Crippen LogP contribution in [0.2, 0.25) is 0 Å². The molecule has 0 aliphatic rings. The number of nitriles is 1. The maximum atomic E-state index is 12.5. The van der Waals surface area contributed by atoms with Crippen LogP contribution in [0.4, 0.5) is 0 Å². The second kappa shape index (κ2) is 8.25. The van der Waals surface area contributed by atoms with E-state index in [1.807, 2.05) is 30.5 Å². The van der Waals surface area contributed by atoms with E-state index < -0.39 is 10.0 Å². The van der Waals surface area contributed by atoms with E-state index in [1.54, 1.807) is 11.3 Å². The summed E-state index contributed by atoms with van der Waals surface area (Å²) in [7, 11) is -2.43. The minimum absolute atomic E-state index is 0.0482. The number of thiophene rings is 1. The Hall–Kier alpha value is -2.21. The zero-order valence-corrected chi connectivity index (χ0v) is 15.6. The summed E-state index contributed by atoms with van der Waals surface area (Å²) < 4.78 is 26.0. The number of carbonyl (C=O) groups excluding carboxylic acids is 1. The van der Waals surface area contributed by atoms with Gasteiger partial charge in [0.25, 0.3) is 0 Å². The Morgan fingerprint density at radius 3 is 2.52 bits per heavy atom. The van der Waals surface area contributed by atoms with Crippen LogP contribution >= 0.6 is 11.3 Å². The van der Waals surface area contributed by atoms with E-state index in [9.17, 15) is 13.2 Å². The Balaban J connectivity index is 2.05. The second-order valence-corrected chi connectivity index (χ2v) is 8.47. The van der Waals surface area contributed by atoms with Gasteiger partial charge in [-0.05, 0) is 42.1 Å². The molecule has 1 unspecified atom stereocenters. The third kappa shape index (κ3) is 4.66. The van der Waals surface area contributed by atoms with Gasteiger partial charge in [-0.25, -0.2) is 8.42 Å². The van der Waals surface area contributed by atoms with Crippen molar-refractivity contribution >= 4 is 27.3 Å². The van der Waals surface area contributed by atoms with Crippen molar-refractivity contribution in [3.05, 3.63) is 52.2 Å². The lowest BCUT2D eigenvalue weighted by Crippen LogP contribution is -2.39. The van der Waals surface area contributed by atoms with Gasteiger partial charge in [-0.15, -0.1) is 11.3 Å². The number of benzene rings is 1. The van der Waals surface area contributed by atoms with Gasteiger partial charge in [-0.3, -0.25) is 4.79 Å². The Labute approximate surface area is 151 Å². The Morgan fingerprint density at radius 1 is 1.32 bits per heavy atom. The van der Waals surface area contributed by atoms with Crippen LogP contribution in [0.15, 0.2) is 46.7 Å². The van der Waals surface area contributed by atoms with E-state index in [0.29, 0.717) is 5.56 Å². The van der Waals surface area contributed by atoms with Crippen molar-refractivity contribution in [3.63, 3.8) is 0 Å². The van der Waals surface area contributed by atoms with Crippen molar-refractivity contribution < 1.29 is 13.2 Å². The van der Waals surface area contributed by atoms with E-state index in [1.165, 1.54) is 31.3 Å². The Bertz CT molecular complexity index is 854. The molecule has 1 N–H and O–H groups in total.